The SMILES string of the molecule is CCN(Cc1cccc(OCCO)c1)CC1CCCN(CCc2cccc(OC)c2)C1. The summed E-state index contributed by atoms with van der Waals surface area (Å²) in [6, 6.07) is 16.7. The van der Waals surface area contributed by atoms with Gasteiger partial charge in [-0.2, -0.15) is 0 Å². The molecule has 1 heterocycles. The normalized spacial score (nSPS) is 17.1. The lowest BCUT2D eigenvalue weighted by Gasteiger charge is -2.35. The summed E-state index contributed by atoms with van der Waals surface area (Å²) >= 11 is 0. The minimum atomic E-state index is 0.0430. The number of hydrogen-bond donors (Lipinski definition) is 1. The van der Waals surface area contributed by atoms with Crippen LogP contribution in [0.4, 0.5) is 0 Å². The Labute approximate surface area is 187 Å². The van der Waals surface area contributed by atoms with E-state index in [1.54, 1.807) is 7.11 Å². The van der Waals surface area contributed by atoms with Gasteiger partial charge in [0.2, 0.25) is 0 Å². The van der Waals surface area contributed by atoms with Gasteiger partial charge in [-0.3, -0.25) is 4.90 Å². The Morgan fingerprint density at radius 2 is 1.87 bits per heavy atom. The monoisotopic (exact) mass is 426 g/mol. The van der Waals surface area contributed by atoms with Gasteiger partial charge in [-0.1, -0.05) is 31.2 Å². The highest BCUT2D eigenvalue weighted by Crippen LogP contribution is 2.21. The molecule has 1 fully saturated rings. The van der Waals surface area contributed by atoms with Gasteiger partial charge in [0.1, 0.15) is 18.1 Å². The Morgan fingerprint density at radius 1 is 1.10 bits per heavy atom. The van der Waals surface area contributed by atoms with Crippen molar-refractivity contribution in [1.29, 1.82) is 0 Å². The highest BCUT2D eigenvalue weighted by Gasteiger charge is 2.21. The van der Waals surface area contributed by atoms with Crippen molar-refractivity contribution in [2.24, 2.45) is 5.92 Å². The average Bonchev–Trinajstić information content (AvgIpc) is 2.81. The molecule has 5 nitrogen and oxygen atoms in total. The van der Waals surface area contributed by atoms with E-state index < -0.39 is 0 Å². The molecular weight excluding hydrogens is 388 g/mol. The van der Waals surface area contributed by atoms with Crippen LogP contribution in [0.2, 0.25) is 0 Å². The molecule has 1 aliphatic heterocycles. The molecule has 0 bridgehead atoms. The maximum Gasteiger partial charge on any atom is 0.119 e. The van der Waals surface area contributed by atoms with E-state index in [0.29, 0.717) is 12.5 Å². The average molecular weight is 427 g/mol. The van der Waals surface area contributed by atoms with Crippen LogP contribution in [-0.2, 0) is 13.0 Å². The molecule has 2 aromatic carbocycles. The van der Waals surface area contributed by atoms with Gasteiger partial charge in [0.05, 0.1) is 13.7 Å². The molecule has 1 atom stereocenters. The molecular formula is C26H38N2O3. The molecule has 0 amide bonds. The number of benzene rings is 2. The third-order valence-electron chi connectivity index (χ3n) is 6.08. The zero-order valence-electron chi connectivity index (χ0n) is 19.1. The number of ether oxygens (including phenoxy) is 2. The van der Waals surface area contributed by atoms with Crippen LogP contribution in [0.5, 0.6) is 11.5 Å². The van der Waals surface area contributed by atoms with Gasteiger partial charge in [-0.15, -0.1) is 0 Å². The molecule has 1 unspecified atom stereocenters. The van der Waals surface area contributed by atoms with E-state index in [1.165, 1.54) is 37.1 Å². The molecule has 2 aromatic rings. The standard InChI is InChI=1S/C26H38N2O3/c1-3-27(19-23-8-5-11-26(18-23)31-16-15-29)20-24-9-6-13-28(21-24)14-12-22-7-4-10-25(17-22)30-2/h4-5,7-8,10-11,17-18,24,29H,3,6,9,12-16,19-21H2,1-2H3. The van der Waals surface area contributed by atoms with E-state index >= 15 is 0 Å². The molecule has 31 heavy (non-hydrogen) atoms. The zero-order valence-corrected chi connectivity index (χ0v) is 19.1. The summed E-state index contributed by atoms with van der Waals surface area (Å²) in [5.41, 5.74) is 2.61. The minimum Gasteiger partial charge on any atom is -0.497 e. The van der Waals surface area contributed by atoms with Crippen LogP contribution in [0.25, 0.3) is 0 Å². The van der Waals surface area contributed by atoms with Crippen LogP contribution in [-0.4, -0.2) is 68.0 Å². The van der Waals surface area contributed by atoms with Gasteiger partial charge in [0.15, 0.2) is 0 Å². The molecule has 0 spiro atoms. The van der Waals surface area contributed by atoms with Crippen molar-refractivity contribution in [3.63, 3.8) is 0 Å². The third kappa shape index (κ3) is 7.84. The van der Waals surface area contributed by atoms with Gasteiger partial charge in [-0.05, 0) is 73.7 Å². The van der Waals surface area contributed by atoms with Crippen molar-refractivity contribution in [1.82, 2.24) is 9.80 Å². The molecule has 1 saturated heterocycles. The first-order chi connectivity index (χ1) is 15.2. The Morgan fingerprint density at radius 3 is 2.65 bits per heavy atom. The fourth-order valence-electron chi connectivity index (χ4n) is 4.44. The van der Waals surface area contributed by atoms with Crippen molar-refractivity contribution in [3.05, 3.63) is 59.7 Å². The first kappa shape index (κ1) is 23.6. The van der Waals surface area contributed by atoms with E-state index in [4.69, 9.17) is 14.6 Å². The van der Waals surface area contributed by atoms with Crippen LogP contribution < -0.4 is 9.47 Å². The van der Waals surface area contributed by atoms with Crippen LogP contribution >= 0.6 is 0 Å². The van der Waals surface area contributed by atoms with Crippen LogP contribution in [0.3, 0.4) is 0 Å². The molecule has 0 saturated carbocycles. The summed E-state index contributed by atoms with van der Waals surface area (Å²) in [7, 11) is 1.73. The fourth-order valence-corrected chi connectivity index (χ4v) is 4.44. The summed E-state index contributed by atoms with van der Waals surface area (Å²) < 4.78 is 10.9. The fraction of sp³-hybridized carbons (Fsp3) is 0.538. The predicted molar refractivity (Wildman–Crippen MR) is 126 cm³/mol. The van der Waals surface area contributed by atoms with E-state index in [9.17, 15) is 0 Å². The van der Waals surface area contributed by atoms with E-state index in [1.807, 2.05) is 18.2 Å². The lowest BCUT2D eigenvalue weighted by Crippen LogP contribution is -2.41. The summed E-state index contributed by atoms with van der Waals surface area (Å²) in [6.07, 6.45) is 3.67. The molecule has 1 aliphatic rings. The molecule has 0 aliphatic carbocycles. The van der Waals surface area contributed by atoms with Gasteiger partial charge >= 0.3 is 0 Å². The largest absolute Gasteiger partial charge is 0.497 e. The van der Waals surface area contributed by atoms with Crippen LogP contribution in [0.1, 0.15) is 30.9 Å². The topological polar surface area (TPSA) is 45.2 Å². The molecule has 5 heteroatoms. The summed E-state index contributed by atoms with van der Waals surface area (Å²) in [5.74, 6) is 2.50. The summed E-state index contributed by atoms with van der Waals surface area (Å²) in [6.45, 7) is 9.24. The van der Waals surface area contributed by atoms with Crippen molar-refractivity contribution in [3.8, 4) is 11.5 Å². The van der Waals surface area contributed by atoms with E-state index in [2.05, 4.69) is 47.1 Å². The number of methoxy groups -OCH3 is 1. The Bertz CT molecular complexity index is 783. The quantitative estimate of drug-likeness (QED) is 0.559. The lowest BCUT2D eigenvalue weighted by molar-refractivity contribution is 0.133. The number of nitrogens with zero attached hydrogens (tertiary/aromatic N) is 2. The van der Waals surface area contributed by atoms with Crippen LogP contribution in [0, 0.1) is 5.92 Å². The van der Waals surface area contributed by atoms with Crippen molar-refractivity contribution >= 4 is 0 Å². The van der Waals surface area contributed by atoms with Gasteiger partial charge in [0, 0.05) is 26.2 Å². The van der Waals surface area contributed by atoms with Crippen LogP contribution in [0.15, 0.2) is 48.5 Å². The molecule has 0 aromatic heterocycles. The molecule has 0 radical (unpaired) electrons. The summed E-state index contributed by atoms with van der Waals surface area (Å²) in [4.78, 5) is 5.17. The second-order valence-electron chi connectivity index (χ2n) is 8.46. The second-order valence-corrected chi connectivity index (χ2v) is 8.46. The van der Waals surface area contributed by atoms with Crippen molar-refractivity contribution in [2.45, 2.75) is 32.7 Å². The van der Waals surface area contributed by atoms with Crippen molar-refractivity contribution in [2.75, 3.05) is 53.0 Å². The Kier molecular flexibility index (Phi) is 9.66. The Hall–Kier alpha value is -2.08. The maximum absolute atomic E-state index is 8.97. The number of rotatable bonds is 12. The number of aliphatic hydroxyl groups excluding tert-OH is 1. The number of aliphatic hydroxyl groups is 1. The van der Waals surface area contributed by atoms with E-state index in [0.717, 1.165) is 44.1 Å². The van der Waals surface area contributed by atoms with Gasteiger partial charge in [0.25, 0.3) is 0 Å². The third-order valence-corrected chi connectivity index (χ3v) is 6.08. The van der Waals surface area contributed by atoms with Gasteiger partial charge < -0.3 is 19.5 Å². The minimum absolute atomic E-state index is 0.0430. The maximum atomic E-state index is 8.97. The molecule has 3 rings (SSSR count). The van der Waals surface area contributed by atoms with Crippen molar-refractivity contribution < 1.29 is 14.6 Å². The first-order valence-corrected chi connectivity index (χ1v) is 11.6. The smallest absolute Gasteiger partial charge is 0.119 e. The highest BCUT2D eigenvalue weighted by atomic mass is 16.5. The molecule has 1 N–H and O–H groups in total. The zero-order chi connectivity index (χ0) is 21.9. The lowest BCUT2D eigenvalue weighted by atomic mass is 9.96. The molecule has 170 valence electrons. The number of hydrogen-bond acceptors (Lipinski definition) is 5. The highest BCUT2D eigenvalue weighted by molar-refractivity contribution is 5.29. The second kappa shape index (κ2) is 12.7. The van der Waals surface area contributed by atoms with Gasteiger partial charge in [-0.25, -0.2) is 0 Å². The number of piperidine rings is 1. The van der Waals surface area contributed by atoms with E-state index in [-0.39, 0.29) is 6.61 Å². The first-order valence-electron chi connectivity index (χ1n) is 11.6. The Balaban J connectivity index is 1.48. The predicted octanol–water partition coefficient (Wildman–Crippen LogP) is 3.84. The number of likely N-dealkylation sites (tertiary alicyclic amines) is 1. The summed E-state index contributed by atoms with van der Waals surface area (Å²) in [5, 5.41) is 8.97.